The Morgan fingerprint density at radius 1 is 1.16 bits per heavy atom. The maximum Gasteiger partial charge on any atom is 0.326 e. The summed E-state index contributed by atoms with van der Waals surface area (Å²) in [5.74, 6) is -1.59. The van der Waals surface area contributed by atoms with Crippen LogP contribution in [0.3, 0.4) is 0 Å². The molecule has 0 aromatic rings. The normalized spacial score (nSPS) is 30.7. The first-order valence-corrected chi connectivity index (χ1v) is 6.53. The van der Waals surface area contributed by atoms with Gasteiger partial charge in [-0.15, -0.1) is 0 Å². The van der Waals surface area contributed by atoms with Crippen LogP contribution in [0, 0.1) is 5.92 Å². The highest BCUT2D eigenvalue weighted by Crippen LogP contribution is 2.28. The van der Waals surface area contributed by atoms with Crippen molar-refractivity contribution in [1.29, 1.82) is 0 Å². The van der Waals surface area contributed by atoms with Gasteiger partial charge >= 0.3 is 12.0 Å². The second kappa shape index (κ2) is 5.07. The zero-order chi connectivity index (χ0) is 14.2. The molecule has 3 N–H and O–H groups in total. The van der Waals surface area contributed by atoms with Gasteiger partial charge in [0.2, 0.25) is 5.91 Å². The summed E-state index contributed by atoms with van der Waals surface area (Å²) in [7, 11) is 0. The molecule has 3 atom stereocenters. The monoisotopic (exact) mass is 269 g/mol. The maximum absolute atomic E-state index is 12.4. The van der Waals surface area contributed by atoms with Gasteiger partial charge in [0.25, 0.3) is 0 Å². The highest BCUT2D eigenvalue weighted by Gasteiger charge is 2.44. The van der Waals surface area contributed by atoms with Crippen LogP contribution in [0.5, 0.6) is 0 Å². The van der Waals surface area contributed by atoms with E-state index in [9.17, 15) is 19.5 Å². The number of carboxylic acids is 1. The SMILES string of the molecule is CC1CCN(C(=O)N2CCCC2C(N)=O)C1C(=O)O. The summed E-state index contributed by atoms with van der Waals surface area (Å²) in [6, 6.07) is -1.78. The van der Waals surface area contributed by atoms with Crippen LogP contribution in [0.15, 0.2) is 0 Å². The lowest BCUT2D eigenvalue weighted by molar-refractivity contribution is -0.142. The Balaban J connectivity index is 2.15. The van der Waals surface area contributed by atoms with Crippen LogP contribution in [0.25, 0.3) is 0 Å². The third-order valence-corrected chi connectivity index (χ3v) is 4.03. The predicted molar refractivity (Wildman–Crippen MR) is 66.2 cm³/mol. The van der Waals surface area contributed by atoms with Gasteiger partial charge in [-0.1, -0.05) is 6.92 Å². The minimum absolute atomic E-state index is 0.0731. The standard InChI is InChI=1S/C12H19N3O4/c1-7-4-6-15(9(7)11(17)18)12(19)14-5-2-3-8(14)10(13)16/h7-9H,2-6H2,1H3,(H2,13,16)(H,17,18). The number of nitrogens with two attached hydrogens (primary N) is 1. The highest BCUT2D eigenvalue weighted by molar-refractivity contribution is 5.89. The fourth-order valence-corrected chi connectivity index (χ4v) is 2.99. The molecule has 2 fully saturated rings. The zero-order valence-electron chi connectivity index (χ0n) is 10.9. The molecule has 2 rings (SSSR count). The lowest BCUT2D eigenvalue weighted by Crippen LogP contribution is -2.53. The molecule has 0 spiro atoms. The summed E-state index contributed by atoms with van der Waals surface area (Å²) in [5.41, 5.74) is 5.28. The average molecular weight is 269 g/mol. The van der Waals surface area contributed by atoms with E-state index in [1.807, 2.05) is 6.92 Å². The molecule has 19 heavy (non-hydrogen) atoms. The summed E-state index contributed by atoms with van der Waals surface area (Å²) in [6.45, 7) is 2.70. The highest BCUT2D eigenvalue weighted by atomic mass is 16.4. The van der Waals surface area contributed by atoms with Gasteiger partial charge in [-0.05, 0) is 25.2 Å². The Bertz CT molecular complexity index is 412. The van der Waals surface area contributed by atoms with E-state index in [2.05, 4.69) is 0 Å². The number of aliphatic carboxylic acids is 1. The van der Waals surface area contributed by atoms with Crippen LogP contribution in [-0.4, -0.2) is 58.0 Å². The summed E-state index contributed by atoms with van der Waals surface area (Å²) in [5, 5.41) is 9.22. The molecule has 2 saturated heterocycles. The van der Waals surface area contributed by atoms with E-state index in [-0.39, 0.29) is 11.9 Å². The van der Waals surface area contributed by atoms with Gasteiger partial charge in [-0.2, -0.15) is 0 Å². The Morgan fingerprint density at radius 3 is 2.42 bits per heavy atom. The van der Waals surface area contributed by atoms with Crippen LogP contribution in [0.4, 0.5) is 4.79 Å². The van der Waals surface area contributed by atoms with Gasteiger partial charge in [-0.25, -0.2) is 9.59 Å². The molecular weight excluding hydrogens is 250 g/mol. The predicted octanol–water partition coefficient (Wildman–Crippen LogP) is -0.149. The van der Waals surface area contributed by atoms with E-state index in [4.69, 9.17) is 5.73 Å². The summed E-state index contributed by atoms with van der Waals surface area (Å²) < 4.78 is 0. The van der Waals surface area contributed by atoms with E-state index >= 15 is 0 Å². The van der Waals surface area contributed by atoms with Crippen LogP contribution >= 0.6 is 0 Å². The minimum atomic E-state index is -0.992. The fraction of sp³-hybridized carbons (Fsp3) is 0.750. The van der Waals surface area contributed by atoms with E-state index in [1.54, 1.807) is 0 Å². The van der Waals surface area contributed by atoms with Gasteiger partial charge in [0, 0.05) is 13.1 Å². The van der Waals surface area contributed by atoms with Crippen molar-refractivity contribution in [3.05, 3.63) is 0 Å². The second-order valence-electron chi connectivity index (χ2n) is 5.28. The molecule has 7 heteroatoms. The number of primary amides is 1. The van der Waals surface area contributed by atoms with Crippen molar-refractivity contribution in [3.63, 3.8) is 0 Å². The van der Waals surface area contributed by atoms with Crippen molar-refractivity contribution in [1.82, 2.24) is 9.80 Å². The minimum Gasteiger partial charge on any atom is -0.480 e. The van der Waals surface area contributed by atoms with E-state index in [0.717, 1.165) is 6.42 Å². The van der Waals surface area contributed by atoms with Crippen molar-refractivity contribution >= 4 is 17.9 Å². The van der Waals surface area contributed by atoms with Gasteiger partial charge in [0.05, 0.1) is 0 Å². The van der Waals surface area contributed by atoms with Gasteiger partial charge < -0.3 is 20.6 Å². The molecular formula is C12H19N3O4. The Labute approximate surface area is 111 Å². The molecule has 7 nitrogen and oxygen atoms in total. The Kier molecular flexibility index (Phi) is 3.64. The van der Waals surface area contributed by atoms with Crippen LogP contribution in [-0.2, 0) is 9.59 Å². The molecule has 0 aliphatic carbocycles. The van der Waals surface area contributed by atoms with Crippen LogP contribution in [0.2, 0.25) is 0 Å². The van der Waals surface area contributed by atoms with Crippen molar-refractivity contribution in [2.75, 3.05) is 13.1 Å². The Hall–Kier alpha value is -1.79. The van der Waals surface area contributed by atoms with E-state index < -0.39 is 24.0 Å². The molecule has 0 saturated carbocycles. The molecule has 0 radical (unpaired) electrons. The van der Waals surface area contributed by atoms with Crippen molar-refractivity contribution < 1.29 is 19.5 Å². The number of nitrogens with zero attached hydrogens (tertiary/aromatic N) is 2. The molecule has 0 aromatic carbocycles. The third-order valence-electron chi connectivity index (χ3n) is 4.03. The molecule has 2 aliphatic heterocycles. The molecule has 2 heterocycles. The van der Waals surface area contributed by atoms with Gasteiger partial charge in [0.1, 0.15) is 12.1 Å². The summed E-state index contributed by atoms with van der Waals surface area (Å²) in [4.78, 5) is 37.7. The number of urea groups is 1. The van der Waals surface area contributed by atoms with Crippen molar-refractivity contribution in [3.8, 4) is 0 Å². The van der Waals surface area contributed by atoms with Gasteiger partial charge in [-0.3, -0.25) is 4.79 Å². The smallest absolute Gasteiger partial charge is 0.326 e. The molecule has 106 valence electrons. The lowest BCUT2D eigenvalue weighted by Gasteiger charge is -2.31. The maximum atomic E-state index is 12.4. The number of hydrogen-bond donors (Lipinski definition) is 2. The molecule has 0 aromatic heterocycles. The number of amides is 3. The number of likely N-dealkylation sites (tertiary alicyclic amines) is 2. The van der Waals surface area contributed by atoms with Crippen LogP contribution < -0.4 is 5.73 Å². The molecule has 0 bridgehead atoms. The molecule has 2 aliphatic rings. The quantitative estimate of drug-likeness (QED) is 0.727. The van der Waals surface area contributed by atoms with E-state index in [1.165, 1.54) is 9.80 Å². The third kappa shape index (κ3) is 2.36. The summed E-state index contributed by atoms with van der Waals surface area (Å²) in [6.07, 6.45) is 1.94. The summed E-state index contributed by atoms with van der Waals surface area (Å²) >= 11 is 0. The number of hydrogen-bond acceptors (Lipinski definition) is 3. The topological polar surface area (TPSA) is 104 Å². The molecule has 3 unspecified atom stereocenters. The van der Waals surface area contributed by atoms with Crippen molar-refractivity contribution in [2.24, 2.45) is 11.7 Å². The lowest BCUT2D eigenvalue weighted by atomic mass is 10.0. The number of carboxylic acid groups (broad SMARTS) is 1. The van der Waals surface area contributed by atoms with Gasteiger partial charge in [0.15, 0.2) is 0 Å². The molecule has 3 amide bonds. The van der Waals surface area contributed by atoms with E-state index in [0.29, 0.717) is 25.9 Å². The van der Waals surface area contributed by atoms with Crippen LogP contribution in [0.1, 0.15) is 26.2 Å². The Morgan fingerprint density at radius 2 is 1.84 bits per heavy atom. The largest absolute Gasteiger partial charge is 0.480 e. The van der Waals surface area contributed by atoms with Crippen molar-refractivity contribution in [2.45, 2.75) is 38.3 Å². The number of rotatable bonds is 2. The first-order chi connectivity index (χ1) is 8.93. The first-order valence-electron chi connectivity index (χ1n) is 6.53. The second-order valence-corrected chi connectivity index (χ2v) is 5.28. The fourth-order valence-electron chi connectivity index (χ4n) is 2.99. The zero-order valence-corrected chi connectivity index (χ0v) is 10.9. The average Bonchev–Trinajstić information content (AvgIpc) is 2.93. The first kappa shape index (κ1) is 13.6. The number of carbonyl (C=O) groups is 3. The number of carbonyl (C=O) groups excluding carboxylic acids is 2.